The van der Waals surface area contributed by atoms with E-state index < -0.39 is 39.4 Å². The van der Waals surface area contributed by atoms with E-state index in [0.29, 0.717) is 5.56 Å². The first-order valence-electron chi connectivity index (χ1n) is 7.75. The number of sulfone groups is 1. The number of fused-ring (bicyclic) bond motifs is 1. The Balaban J connectivity index is 1.73. The third-order valence-electron chi connectivity index (χ3n) is 3.92. The van der Waals surface area contributed by atoms with Gasteiger partial charge in [0.2, 0.25) is 20.9 Å². The molecule has 140 valence electrons. The summed E-state index contributed by atoms with van der Waals surface area (Å²) in [6.45, 7) is -1.60. The number of benzene rings is 1. The number of alkyl halides is 3. The van der Waals surface area contributed by atoms with E-state index in [1.807, 2.05) is 12.1 Å². The number of nitrogens with zero attached hydrogens (tertiary/aromatic N) is 2. The highest BCUT2D eigenvalue weighted by molar-refractivity contribution is 7.91. The quantitative estimate of drug-likeness (QED) is 0.806. The Morgan fingerprint density at radius 3 is 2.69 bits per heavy atom. The number of hydrogen-bond donors (Lipinski definition) is 2. The lowest BCUT2D eigenvalue weighted by atomic mass is 10.1. The summed E-state index contributed by atoms with van der Waals surface area (Å²) >= 11 is 0. The maximum atomic E-state index is 12.1. The minimum absolute atomic E-state index is 0.147. The molecule has 1 heterocycles. The van der Waals surface area contributed by atoms with E-state index in [1.54, 1.807) is 6.07 Å². The normalized spacial score (nSPS) is 14.3. The first kappa shape index (κ1) is 18.4. The summed E-state index contributed by atoms with van der Waals surface area (Å²) in [6, 6.07) is 5.60. The number of rotatable bonds is 5. The smallest absolute Gasteiger partial charge is 0.346 e. The molecule has 2 aromatic rings. The highest BCUT2D eigenvalue weighted by atomic mass is 32.2. The molecule has 3 rings (SSSR count). The number of carbonyl (C=O) groups excluding carboxylic acids is 1. The molecule has 0 saturated carbocycles. The average molecular weight is 388 g/mol. The second-order valence-electron chi connectivity index (χ2n) is 5.95. The van der Waals surface area contributed by atoms with E-state index in [1.165, 1.54) is 10.9 Å². The van der Waals surface area contributed by atoms with Crippen LogP contribution in [0.1, 0.15) is 17.5 Å². The zero-order valence-corrected chi connectivity index (χ0v) is 14.2. The van der Waals surface area contributed by atoms with Crippen LogP contribution in [0.15, 0.2) is 23.4 Å². The summed E-state index contributed by atoms with van der Waals surface area (Å²) in [4.78, 5) is 15.3. The molecule has 0 bridgehead atoms. The van der Waals surface area contributed by atoms with Gasteiger partial charge in [-0.3, -0.25) is 4.79 Å². The maximum absolute atomic E-state index is 12.1. The number of aryl methyl sites for hydroxylation is 2. The van der Waals surface area contributed by atoms with Gasteiger partial charge >= 0.3 is 6.18 Å². The summed E-state index contributed by atoms with van der Waals surface area (Å²) in [6.07, 6.45) is -1.64. The molecule has 11 heteroatoms. The second-order valence-corrected chi connectivity index (χ2v) is 7.86. The molecule has 0 radical (unpaired) electrons. The van der Waals surface area contributed by atoms with Crippen LogP contribution in [0.5, 0.6) is 0 Å². The van der Waals surface area contributed by atoms with E-state index in [0.717, 1.165) is 24.8 Å². The molecule has 0 spiro atoms. The monoisotopic (exact) mass is 388 g/mol. The van der Waals surface area contributed by atoms with E-state index in [2.05, 4.69) is 15.2 Å². The van der Waals surface area contributed by atoms with Crippen LogP contribution in [-0.4, -0.2) is 48.0 Å². The van der Waals surface area contributed by atoms with Gasteiger partial charge in [-0.15, -0.1) is 0 Å². The minimum Gasteiger partial charge on any atom is -0.346 e. The molecule has 0 unspecified atom stereocenters. The van der Waals surface area contributed by atoms with Gasteiger partial charge in [0.15, 0.2) is 5.82 Å². The average Bonchev–Trinajstić information content (AvgIpc) is 3.20. The van der Waals surface area contributed by atoms with Gasteiger partial charge in [0.1, 0.15) is 12.3 Å². The molecular formula is C15H15F3N4O3S. The van der Waals surface area contributed by atoms with Crippen LogP contribution in [0.3, 0.4) is 0 Å². The Kier molecular flexibility index (Phi) is 4.74. The van der Waals surface area contributed by atoms with Crippen molar-refractivity contribution in [3.8, 4) is 11.4 Å². The predicted octanol–water partition coefficient (Wildman–Crippen LogP) is 1.41. The number of halogens is 3. The zero-order valence-electron chi connectivity index (χ0n) is 13.4. The van der Waals surface area contributed by atoms with Crippen molar-refractivity contribution < 1.29 is 26.4 Å². The van der Waals surface area contributed by atoms with Crippen molar-refractivity contribution >= 4 is 15.7 Å². The first-order valence-corrected chi connectivity index (χ1v) is 9.40. The maximum Gasteiger partial charge on any atom is 0.405 e. The van der Waals surface area contributed by atoms with Crippen LogP contribution in [0, 0.1) is 0 Å². The van der Waals surface area contributed by atoms with E-state index >= 15 is 0 Å². The molecule has 0 saturated heterocycles. The molecule has 1 aliphatic rings. The highest BCUT2D eigenvalue weighted by Gasteiger charge is 2.30. The van der Waals surface area contributed by atoms with Crippen molar-refractivity contribution in [1.82, 2.24) is 20.5 Å². The Hall–Kier alpha value is -2.43. The summed E-state index contributed by atoms with van der Waals surface area (Å²) in [5, 5.41) is 7.03. The third kappa shape index (κ3) is 4.21. The lowest BCUT2D eigenvalue weighted by Crippen LogP contribution is -2.37. The van der Waals surface area contributed by atoms with E-state index in [9.17, 15) is 26.4 Å². The molecular weight excluding hydrogens is 373 g/mol. The fraction of sp³-hybridized carbons (Fsp3) is 0.400. The molecule has 1 aliphatic carbocycles. The number of aromatic nitrogens is 3. The van der Waals surface area contributed by atoms with Crippen LogP contribution in [0.4, 0.5) is 13.2 Å². The van der Waals surface area contributed by atoms with E-state index in [-0.39, 0.29) is 5.82 Å². The number of carbonyl (C=O) groups is 1. The lowest BCUT2D eigenvalue weighted by molar-refractivity contribution is -0.137. The minimum atomic E-state index is -4.62. The molecule has 0 aliphatic heterocycles. The molecule has 1 aromatic heterocycles. The largest absolute Gasteiger partial charge is 0.405 e. The van der Waals surface area contributed by atoms with Crippen LogP contribution in [0.25, 0.3) is 11.4 Å². The zero-order chi connectivity index (χ0) is 18.9. The van der Waals surface area contributed by atoms with Gasteiger partial charge in [-0.05, 0) is 36.5 Å². The molecule has 7 nitrogen and oxygen atoms in total. The summed E-state index contributed by atoms with van der Waals surface area (Å²) in [5.74, 6) is -2.27. The van der Waals surface area contributed by atoms with Gasteiger partial charge in [-0.2, -0.15) is 23.3 Å². The van der Waals surface area contributed by atoms with Crippen LogP contribution >= 0.6 is 0 Å². The Bertz CT molecular complexity index is 938. The van der Waals surface area contributed by atoms with Crippen molar-refractivity contribution in [1.29, 1.82) is 0 Å². The molecule has 1 aromatic carbocycles. The Morgan fingerprint density at radius 1 is 1.23 bits per heavy atom. The highest BCUT2D eigenvalue weighted by Crippen LogP contribution is 2.26. The lowest BCUT2D eigenvalue weighted by Gasteiger charge is -2.07. The van der Waals surface area contributed by atoms with Gasteiger partial charge < -0.3 is 5.32 Å². The van der Waals surface area contributed by atoms with E-state index in [4.69, 9.17) is 0 Å². The Labute approximate surface area is 146 Å². The summed E-state index contributed by atoms with van der Waals surface area (Å²) in [7, 11) is -4.23. The standard InChI is InChI=1S/C15H15F3N4O3S/c16-15(17,18)8-19-12(23)7-26(24,25)14-20-13(21-22-14)11-5-4-9-2-1-3-10(9)6-11/h4-6H,1-3,7-8H2,(H,19,23)(H,20,21,22). The van der Waals surface area contributed by atoms with Gasteiger partial charge in [0.25, 0.3) is 0 Å². The van der Waals surface area contributed by atoms with Crippen LogP contribution in [0.2, 0.25) is 0 Å². The number of nitrogens with one attached hydrogen (secondary N) is 2. The van der Waals surface area contributed by atoms with Gasteiger partial charge in [-0.25, -0.2) is 13.5 Å². The van der Waals surface area contributed by atoms with Gasteiger partial charge in [-0.1, -0.05) is 12.1 Å². The molecule has 1 amide bonds. The molecule has 2 N–H and O–H groups in total. The fourth-order valence-electron chi connectivity index (χ4n) is 2.72. The number of amides is 1. The van der Waals surface area contributed by atoms with Crippen molar-refractivity contribution in [2.45, 2.75) is 30.6 Å². The number of aromatic amines is 1. The topological polar surface area (TPSA) is 105 Å². The molecule has 26 heavy (non-hydrogen) atoms. The second kappa shape index (κ2) is 6.71. The third-order valence-corrected chi connectivity index (χ3v) is 5.34. The number of hydrogen-bond acceptors (Lipinski definition) is 5. The summed E-state index contributed by atoms with van der Waals surface area (Å²) < 4.78 is 60.4. The predicted molar refractivity (Wildman–Crippen MR) is 85.0 cm³/mol. The molecule has 0 atom stereocenters. The van der Waals surface area contributed by atoms with Gasteiger partial charge in [0, 0.05) is 5.56 Å². The van der Waals surface area contributed by atoms with Crippen molar-refractivity contribution in [2.75, 3.05) is 12.3 Å². The van der Waals surface area contributed by atoms with Gasteiger partial charge in [0.05, 0.1) is 0 Å². The first-order chi connectivity index (χ1) is 12.1. The molecule has 0 fully saturated rings. The SMILES string of the molecule is O=C(CS(=O)(=O)c1nc(-c2ccc3c(c2)CCC3)n[nH]1)NCC(F)(F)F. The van der Waals surface area contributed by atoms with Crippen LogP contribution < -0.4 is 5.32 Å². The fourth-order valence-corrected chi connectivity index (χ4v) is 3.71. The number of H-pyrrole nitrogens is 1. The van der Waals surface area contributed by atoms with Crippen molar-refractivity contribution in [3.63, 3.8) is 0 Å². The summed E-state index contributed by atoms with van der Waals surface area (Å²) in [5.41, 5.74) is 3.02. The van der Waals surface area contributed by atoms with Crippen molar-refractivity contribution in [3.05, 3.63) is 29.3 Å². The van der Waals surface area contributed by atoms with Crippen LogP contribution in [-0.2, 0) is 27.5 Å². The Morgan fingerprint density at radius 2 is 1.96 bits per heavy atom. The van der Waals surface area contributed by atoms with Crippen molar-refractivity contribution in [2.24, 2.45) is 0 Å².